The Morgan fingerprint density at radius 3 is 2.71 bits per heavy atom. The summed E-state index contributed by atoms with van der Waals surface area (Å²) >= 11 is 0. The minimum atomic E-state index is -1.52. The average Bonchev–Trinajstić information content (AvgIpc) is 3.07. The van der Waals surface area contributed by atoms with Gasteiger partial charge in [0.25, 0.3) is 5.56 Å². The van der Waals surface area contributed by atoms with Gasteiger partial charge < -0.3 is 20.1 Å². The summed E-state index contributed by atoms with van der Waals surface area (Å²) in [6, 6.07) is 0. The number of hydrogen-bond donors (Lipinski definition) is 4. The Labute approximate surface area is 134 Å². The van der Waals surface area contributed by atoms with Gasteiger partial charge in [-0.3, -0.25) is 19.0 Å². The van der Waals surface area contributed by atoms with Gasteiger partial charge >= 0.3 is 5.69 Å². The van der Waals surface area contributed by atoms with E-state index in [4.69, 9.17) is 9.84 Å². The lowest BCUT2D eigenvalue weighted by Crippen LogP contribution is -2.35. The number of hydrogen-bond acceptors (Lipinski definition) is 8. The van der Waals surface area contributed by atoms with Crippen LogP contribution in [-0.4, -0.2) is 52.6 Å². The molecule has 0 aromatic carbocycles. The fourth-order valence-electron chi connectivity index (χ4n) is 2.43. The second kappa shape index (κ2) is 5.94. The molecule has 0 aliphatic carbocycles. The van der Waals surface area contributed by atoms with Crippen molar-refractivity contribution in [2.75, 3.05) is 6.61 Å². The summed E-state index contributed by atoms with van der Waals surface area (Å²) in [5.74, 6) is -0.771. The molecule has 3 heterocycles. The summed E-state index contributed by atoms with van der Waals surface area (Å²) in [6.07, 6.45) is 0.0764. The third-order valence-electron chi connectivity index (χ3n) is 3.59. The maximum atomic E-state index is 12.0. The SMILES string of the molecule is Cn1cc(Cn2cc([C@@H]3OC(CO)=C(O)C3O)c(=O)[nH]c2=O)nn1. The van der Waals surface area contributed by atoms with Crippen LogP contribution in [-0.2, 0) is 18.3 Å². The number of aromatic nitrogens is 5. The largest absolute Gasteiger partial charge is 0.506 e. The molecule has 0 saturated heterocycles. The number of rotatable bonds is 4. The number of aliphatic hydroxyl groups excluding tert-OH is 3. The highest BCUT2D eigenvalue weighted by molar-refractivity contribution is 5.23. The maximum absolute atomic E-state index is 12.0. The second-order valence-electron chi connectivity index (χ2n) is 5.30. The van der Waals surface area contributed by atoms with Gasteiger partial charge in [0.05, 0.1) is 12.1 Å². The molecule has 0 saturated carbocycles. The molecule has 0 radical (unpaired) electrons. The van der Waals surface area contributed by atoms with Gasteiger partial charge in [0.1, 0.15) is 12.3 Å². The highest BCUT2D eigenvalue weighted by atomic mass is 16.5. The van der Waals surface area contributed by atoms with Crippen LogP contribution in [0.5, 0.6) is 0 Å². The molecular weight excluding hydrogens is 322 g/mol. The second-order valence-corrected chi connectivity index (χ2v) is 5.30. The summed E-state index contributed by atoms with van der Waals surface area (Å²) in [7, 11) is 1.67. The lowest BCUT2D eigenvalue weighted by molar-refractivity contribution is 0.0310. The lowest BCUT2D eigenvalue weighted by atomic mass is 10.1. The van der Waals surface area contributed by atoms with Crippen molar-refractivity contribution in [1.82, 2.24) is 24.5 Å². The molecule has 0 bridgehead atoms. The molecule has 128 valence electrons. The molecule has 2 aromatic heterocycles. The molecular formula is C13H15N5O6. The maximum Gasteiger partial charge on any atom is 0.328 e. The highest BCUT2D eigenvalue weighted by Crippen LogP contribution is 2.33. The zero-order valence-corrected chi connectivity index (χ0v) is 12.6. The number of ether oxygens (including phenoxy) is 1. The van der Waals surface area contributed by atoms with Crippen molar-refractivity contribution in [3.8, 4) is 0 Å². The summed E-state index contributed by atoms with van der Waals surface area (Å²) in [5, 5.41) is 36.3. The predicted molar refractivity (Wildman–Crippen MR) is 78.0 cm³/mol. The molecule has 24 heavy (non-hydrogen) atoms. The Kier molecular flexibility index (Phi) is 3.95. The number of nitrogens with zero attached hydrogens (tertiary/aromatic N) is 4. The van der Waals surface area contributed by atoms with Crippen molar-refractivity contribution in [3.05, 3.63) is 56.0 Å². The Balaban J connectivity index is 1.97. The van der Waals surface area contributed by atoms with E-state index in [2.05, 4.69) is 15.3 Å². The number of H-pyrrole nitrogens is 1. The topological polar surface area (TPSA) is 155 Å². The first-order chi connectivity index (χ1) is 11.4. The standard InChI is InChI=1S/C13H15N5O6/c1-17-2-6(15-16-17)3-18-4-7(12(22)14-13(18)23)11-10(21)9(20)8(5-19)24-11/h2,4,10-11,19-21H,3,5H2,1H3,(H,14,22,23)/t10?,11-/m0/s1. The smallest absolute Gasteiger partial charge is 0.328 e. The predicted octanol–water partition coefficient (Wildman–Crippen LogP) is -2.09. The summed E-state index contributed by atoms with van der Waals surface area (Å²) in [6.45, 7) is -0.581. The third kappa shape index (κ3) is 2.70. The van der Waals surface area contributed by atoms with Crippen LogP contribution >= 0.6 is 0 Å². The van der Waals surface area contributed by atoms with Gasteiger partial charge in [-0.1, -0.05) is 5.21 Å². The van der Waals surface area contributed by atoms with Crippen LogP contribution in [0.3, 0.4) is 0 Å². The summed E-state index contributed by atoms with van der Waals surface area (Å²) < 4.78 is 7.85. The number of aryl methyl sites for hydroxylation is 1. The molecule has 1 unspecified atom stereocenters. The molecule has 0 spiro atoms. The van der Waals surface area contributed by atoms with Crippen LogP contribution in [0.15, 0.2) is 33.5 Å². The van der Waals surface area contributed by atoms with E-state index >= 15 is 0 Å². The molecule has 4 N–H and O–H groups in total. The van der Waals surface area contributed by atoms with E-state index in [9.17, 15) is 19.8 Å². The molecule has 2 atom stereocenters. The van der Waals surface area contributed by atoms with Gasteiger partial charge in [-0.15, -0.1) is 5.10 Å². The Hall–Kier alpha value is -2.92. The molecule has 11 heteroatoms. The average molecular weight is 337 g/mol. The molecule has 2 aromatic rings. The fraction of sp³-hybridized carbons (Fsp3) is 0.385. The molecule has 0 fully saturated rings. The van der Waals surface area contributed by atoms with Gasteiger partial charge in [-0.05, 0) is 0 Å². The Morgan fingerprint density at radius 1 is 1.38 bits per heavy atom. The molecule has 1 aliphatic rings. The van der Waals surface area contributed by atoms with Crippen molar-refractivity contribution in [1.29, 1.82) is 0 Å². The van der Waals surface area contributed by atoms with Crippen molar-refractivity contribution < 1.29 is 20.1 Å². The molecule has 0 amide bonds. The highest BCUT2D eigenvalue weighted by Gasteiger charge is 2.38. The zero-order valence-electron chi connectivity index (χ0n) is 12.6. The first kappa shape index (κ1) is 16.0. The van der Waals surface area contributed by atoms with Crippen molar-refractivity contribution in [2.24, 2.45) is 7.05 Å². The van der Waals surface area contributed by atoms with Crippen molar-refractivity contribution >= 4 is 0 Å². The van der Waals surface area contributed by atoms with E-state index in [0.29, 0.717) is 5.69 Å². The van der Waals surface area contributed by atoms with Gasteiger partial charge in [0.2, 0.25) is 0 Å². The minimum absolute atomic E-state index is 0.0472. The summed E-state index contributed by atoms with van der Waals surface area (Å²) in [4.78, 5) is 26.1. The number of aliphatic hydroxyl groups is 3. The monoisotopic (exact) mass is 337 g/mol. The number of nitrogens with one attached hydrogen (secondary N) is 1. The quantitative estimate of drug-likeness (QED) is 0.495. The van der Waals surface area contributed by atoms with Gasteiger partial charge in [0, 0.05) is 19.4 Å². The van der Waals surface area contributed by atoms with Crippen molar-refractivity contribution in [3.63, 3.8) is 0 Å². The van der Waals surface area contributed by atoms with Crippen LogP contribution in [0.4, 0.5) is 0 Å². The van der Waals surface area contributed by atoms with E-state index in [1.807, 2.05) is 0 Å². The zero-order chi connectivity index (χ0) is 17.4. The van der Waals surface area contributed by atoms with Crippen LogP contribution in [0.2, 0.25) is 0 Å². The normalized spacial score (nSPS) is 20.5. The van der Waals surface area contributed by atoms with Crippen LogP contribution in [0.1, 0.15) is 17.4 Å². The molecule has 11 nitrogen and oxygen atoms in total. The van der Waals surface area contributed by atoms with E-state index in [0.717, 1.165) is 0 Å². The lowest BCUT2D eigenvalue weighted by Gasteiger charge is -2.16. The summed E-state index contributed by atoms with van der Waals surface area (Å²) in [5.41, 5.74) is -1.00. The molecule has 1 aliphatic heterocycles. The van der Waals surface area contributed by atoms with E-state index in [1.54, 1.807) is 13.2 Å². The first-order valence-electron chi connectivity index (χ1n) is 6.97. The van der Waals surface area contributed by atoms with E-state index < -0.39 is 35.8 Å². The Bertz CT molecular complexity index is 910. The van der Waals surface area contributed by atoms with E-state index in [1.165, 1.54) is 15.4 Å². The van der Waals surface area contributed by atoms with Gasteiger partial charge in [-0.2, -0.15) is 0 Å². The number of aromatic amines is 1. The van der Waals surface area contributed by atoms with Crippen LogP contribution in [0, 0.1) is 0 Å². The Morgan fingerprint density at radius 2 is 2.12 bits per heavy atom. The van der Waals surface area contributed by atoms with Crippen molar-refractivity contribution in [2.45, 2.75) is 18.8 Å². The minimum Gasteiger partial charge on any atom is -0.506 e. The van der Waals surface area contributed by atoms with Crippen LogP contribution in [0.25, 0.3) is 0 Å². The van der Waals surface area contributed by atoms with E-state index in [-0.39, 0.29) is 17.9 Å². The first-order valence-corrected chi connectivity index (χ1v) is 6.97. The van der Waals surface area contributed by atoms with Crippen LogP contribution < -0.4 is 11.2 Å². The third-order valence-corrected chi connectivity index (χ3v) is 3.59. The van der Waals surface area contributed by atoms with Gasteiger partial charge in [0.15, 0.2) is 23.7 Å². The van der Waals surface area contributed by atoms with Gasteiger partial charge in [-0.25, -0.2) is 4.79 Å². The fourth-order valence-corrected chi connectivity index (χ4v) is 2.43. The molecule has 3 rings (SSSR count).